The van der Waals surface area contributed by atoms with Crippen molar-refractivity contribution in [3.8, 4) is 12.3 Å². The highest BCUT2D eigenvalue weighted by Crippen LogP contribution is 1.86. The lowest BCUT2D eigenvalue weighted by molar-refractivity contribution is -0.0259. The summed E-state index contributed by atoms with van der Waals surface area (Å²) >= 11 is 5.49. The zero-order chi connectivity index (χ0) is 24.6. The van der Waals surface area contributed by atoms with Crippen molar-refractivity contribution >= 4 is 11.6 Å². The first-order valence-corrected chi connectivity index (χ1v) is 12.2. The number of ether oxygens (including phenoxy) is 10. The number of rotatable bonds is 30. The van der Waals surface area contributed by atoms with Crippen LogP contribution >= 0.6 is 11.6 Å². The van der Waals surface area contributed by atoms with Crippen molar-refractivity contribution in [3.05, 3.63) is 0 Å². The maximum atomic E-state index is 5.49. The summed E-state index contributed by atoms with van der Waals surface area (Å²) in [5.74, 6) is 2.89. The zero-order valence-electron chi connectivity index (χ0n) is 20.4. The van der Waals surface area contributed by atoms with E-state index in [9.17, 15) is 0 Å². The molecule has 34 heavy (non-hydrogen) atoms. The molecule has 10 nitrogen and oxygen atoms in total. The van der Waals surface area contributed by atoms with E-state index in [1.54, 1.807) is 0 Å². The van der Waals surface area contributed by atoms with Gasteiger partial charge in [0.05, 0.1) is 126 Å². The van der Waals surface area contributed by atoms with Gasteiger partial charge in [-0.25, -0.2) is 0 Å². The van der Waals surface area contributed by atoms with Gasteiger partial charge in [0.15, 0.2) is 0 Å². The van der Waals surface area contributed by atoms with E-state index in [4.69, 9.17) is 65.4 Å². The summed E-state index contributed by atoms with van der Waals surface area (Å²) in [5, 5.41) is 0. The van der Waals surface area contributed by atoms with Crippen molar-refractivity contribution in [2.24, 2.45) is 0 Å². The van der Waals surface area contributed by atoms with Crippen LogP contribution in [0.25, 0.3) is 0 Å². The topological polar surface area (TPSA) is 92.3 Å². The van der Waals surface area contributed by atoms with Crippen molar-refractivity contribution in [2.75, 3.05) is 138 Å². The summed E-state index contributed by atoms with van der Waals surface area (Å²) in [4.78, 5) is 0. The lowest BCUT2D eigenvalue weighted by Gasteiger charge is -2.08. The molecule has 0 fully saturated rings. The molecule has 0 aromatic carbocycles. The highest BCUT2D eigenvalue weighted by Gasteiger charge is 1.95. The molecule has 202 valence electrons. The molecule has 0 radical (unpaired) electrons. The molecule has 0 unspecified atom stereocenters. The lowest BCUT2D eigenvalue weighted by Crippen LogP contribution is -2.15. The average molecular weight is 515 g/mol. The monoisotopic (exact) mass is 514 g/mol. The van der Waals surface area contributed by atoms with Gasteiger partial charge in [-0.3, -0.25) is 0 Å². The van der Waals surface area contributed by atoms with E-state index in [-0.39, 0.29) is 0 Å². The highest BCUT2D eigenvalue weighted by atomic mass is 35.5. The van der Waals surface area contributed by atoms with Gasteiger partial charge in [0.25, 0.3) is 0 Å². The molecule has 0 atom stereocenters. The summed E-state index contributed by atoms with van der Waals surface area (Å²) in [6.07, 6.45) is 5.06. The maximum Gasteiger partial charge on any atom is 0.107 e. The predicted molar refractivity (Wildman–Crippen MR) is 128 cm³/mol. The third kappa shape index (κ3) is 31.5. The second-order valence-corrected chi connectivity index (χ2v) is 6.84. The van der Waals surface area contributed by atoms with Crippen LogP contribution in [0.15, 0.2) is 0 Å². The van der Waals surface area contributed by atoms with Gasteiger partial charge in [0.1, 0.15) is 6.61 Å². The van der Waals surface area contributed by atoms with Crippen molar-refractivity contribution in [2.45, 2.75) is 0 Å². The number of hydrogen-bond acceptors (Lipinski definition) is 10. The van der Waals surface area contributed by atoms with Crippen LogP contribution in [0.3, 0.4) is 0 Å². The van der Waals surface area contributed by atoms with E-state index in [0.717, 1.165) is 0 Å². The van der Waals surface area contributed by atoms with Gasteiger partial charge in [-0.05, 0) is 0 Å². The largest absolute Gasteiger partial charge is 0.378 e. The Morgan fingerprint density at radius 2 is 0.559 bits per heavy atom. The lowest BCUT2D eigenvalue weighted by atomic mass is 10.6. The first kappa shape index (κ1) is 33.4. The third-order valence-corrected chi connectivity index (χ3v) is 3.91. The van der Waals surface area contributed by atoms with E-state index < -0.39 is 0 Å². The first-order chi connectivity index (χ1) is 16.9. The fourth-order valence-corrected chi connectivity index (χ4v) is 2.27. The van der Waals surface area contributed by atoms with Crippen LogP contribution in [0.2, 0.25) is 0 Å². The summed E-state index contributed by atoms with van der Waals surface area (Å²) in [6, 6.07) is 0. The van der Waals surface area contributed by atoms with Crippen molar-refractivity contribution < 1.29 is 47.4 Å². The molecule has 0 aliphatic carbocycles. The number of hydrogen-bond donors (Lipinski definition) is 0. The molecule has 0 saturated heterocycles. The Kier molecular flexibility index (Phi) is 31.9. The molecule has 0 bridgehead atoms. The van der Waals surface area contributed by atoms with Crippen molar-refractivity contribution in [3.63, 3.8) is 0 Å². The first-order valence-electron chi connectivity index (χ1n) is 11.7. The van der Waals surface area contributed by atoms with Crippen LogP contribution in [0.4, 0.5) is 0 Å². The van der Waals surface area contributed by atoms with E-state index in [1.165, 1.54) is 0 Å². The molecular weight excluding hydrogens is 472 g/mol. The maximum absolute atomic E-state index is 5.49. The highest BCUT2D eigenvalue weighted by molar-refractivity contribution is 6.17. The van der Waals surface area contributed by atoms with Gasteiger partial charge in [-0.1, -0.05) is 5.92 Å². The number of alkyl halides is 1. The molecule has 0 spiro atoms. The molecule has 0 aliphatic heterocycles. The minimum absolute atomic E-state index is 0.311. The SMILES string of the molecule is C#CCOCCOCCOCCOCCOCCOCCOCCOCCOCCOCCCl. The van der Waals surface area contributed by atoms with Gasteiger partial charge >= 0.3 is 0 Å². The Labute approximate surface area is 209 Å². The van der Waals surface area contributed by atoms with E-state index in [2.05, 4.69) is 5.92 Å². The molecular formula is C23H43ClO10. The van der Waals surface area contributed by atoms with E-state index in [1.807, 2.05) is 0 Å². The average Bonchev–Trinajstić information content (AvgIpc) is 2.85. The smallest absolute Gasteiger partial charge is 0.107 e. The van der Waals surface area contributed by atoms with E-state index in [0.29, 0.717) is 138 Å². The summed E-state index contributed by atoms with van der Waals surface area (Å²) in [5.41, 5.74) is 0. The second kappa shape index (κ2) is 32.5. The Bertz CT molecular complexity index is 412. The quantitative estimate of drug-likeness (QED) is 0.0785. The van der Waals surface area contributed by atoms with Crippen LogP contribution in [0.5, 0.6) is 0 Å². The Morgan fingerprint density at radius 1 is 0.353 bits per heavy atom. The normalized spacial score (nSPS) is 11.2. The zero-order valence-corrected chi connectivity index (χ0v) is 21.1. The van der Waals surface area contributed by atoms with Crippen molar-refractivity contribution in [1.29, 1.82) is 0 Å². The van der Waals surface area contributed by atoms with Crippen LogP contribution in [0, 0.1) is 12.3 Å². The van der Waals surface area contributed by atoms with Gasteiger partial charge < -0.3 is 47.4 Å². The van der Waals surface area contributed by atoms with Crippen molar-refractivity contribution in [1.82, 2.24) is 0 Å². The number of terminal acetylenes is 1. The van der Waals surface area contributed by atoms with Gasteiger partial charge in [0, 0.05) is 5.88 Å². The minimum atomic E-state index is 0.311. The Morgan fingerprint density at radius 3 is 0.765 bits per heavy atom. The molecule has 0 amide bonds. The van der Waals surface area contributed by atoms with E-state index >= 15 is 0 Å². The predicted octanol–water partition coefficient (Wildman–Crippen LogP) is 1.02. The Hall–Kier alpha value is -0.550. The molecule has 0 heterocycles. The second-order valence-electron chi connectivity index (χ2n) is 6.46. The molecule has 11 heteroatoms. The minimum Gasteiger partial charge on any atom is -0.378 e. The van der Waals surface area contributed by atoms with Gasteiger partial charge in [-0.15, -0.1) is 18.0 Å². The van der Waals surface area contributed by atoms with Gasteiger partial charge in [-0.2, -0.15) is 0 Å². The third-order valence-electron chi connectivity index (χ3n) is 3.75. The number of halogens is 1. The fourth-order valence-electron chi connectivity index (χ4n) is 2.16. The molecule has 0 rings (SSSR count). The molecule has 0 aromatic heterocycles. The Balaban J connectivity index is 3.00. The molecule has 0 saturated carbocycles. The van der Waals surface area contributed by atoms with Crippen LogP contribution in [0.1, 0.15) is 0 Å². The summed E-state index contributed by atoms with van der Waals surface area (Å²) < 4.78 is 53.4. The van der Waals surface area contributed by atoms with Crippen LogP contribution < -0.4 is 0 Å². The fraction of sp³-hybridized carbons (Fsp3) is 0.913. The van der Waals surface area contributed by atoms with Crippen LogP contribution in [-0.4, -0.2) is 138 Å². The summed E-state index contributed by atoms with van der Waals surface area (Å²) in [6.45, 7) is 10.2. The molecule has 0 aliphatic rings. The molecule has 0 aromatic rings. The molecule has 0 N–H and O–H groups in total. The standard InChI is InChI=1S/C23H43ClO10/c1-2-4-25-6-8-27-10-12-29-14-16-31-18-20-33-22-23-34-21-19-32-17-15-30-13-11-28-9-7-26-5-3-24/h1H,3-23H2. The summed E-state index contributed by atoms with van der Waals surface area (Å²) in [7, 11) is 0. The van der Waals surface area contributed by atoms with Gasteiger partial charge in [0.2, 0.25) is 0 Å². The van der Waals surface area contributed by atoms with Crippen LogP contribution in [-0.2, 0) is 47.4 Å².